The predicted octanol–water partition coefficient (Wildman–Crippen LogP) is 7.21. The Bertz CT molecular complexity index is 859. The van der Waals surface area contributed by atoms with E-state index in [4.69, 9.17) is 0 Å². The highest BCUT2D eigenvalue weighted by Crippen LogP contribution is 2.59. The lowest BCUT2D eigenvalue weighted by Crippen LogP contribution is -2.31. The molecule has 3 rings (SSSR count). The zero-order valence-electron chi connectivity index (χ0n) is 16.3. The van der Waals surface area contributed by atoms with E-state index >= 15 is 0 Å². The molecule has 0 aliphatic carbocycles. The van der Waals surface area contributed by atoms with Crippen LogP contribution in [0.3, 0.4) is 0 Å². The van der Waals surface area contributed by atoms with Gasteiger partial charge < -0.3 is 0 Å². The molecule has 0 amide bonds. The van der Waals surface area contributed by atoms with Crippen LogP contribution in [0.5, 0.6) is 0 Å². The standard InChI is InChI=1S/C24H29P/c1-23(2,3)25(24(4,5)6)22-17-10-9-15-21(22)20-16-11-13-18-12-7-8-14-19(18)20/h7-17H,1-6H3. The van der Waals surface area contributed by atoms with Gasteiger partial charge in [0.05, 0.1) is 0 Å². The molecular formula is C24H29P. The Kier molecular flexibility index (Phi) is 4.78. The molecule has 0 fully saturated rings. The third-order valence-corrected chi connectivity index (χ3v) is 8.12. The smallest absolute Gasteiger partial charge is 0.00990 e. The van der Waals surface area contributed by atoms with Crippen molar-refractivity contribution in [1.82, 2.24) is 0 Å². The molecule has 0 N–H and O–H groups in total. The highest BCUT2D eigenvalue weighted by atomic mass is 31.1. The van der Waals surface area contributed by atoms with Crippen molar-refractivity contribution in [3.8, 4) is 11.1 Å². The lowest BCUT2D eigenvalue weighted by Gasteiger charge is -2.42. The maximum atomic E-state index is 2.39. The normalized spacial score (nSPS) is 12.8. The van der Waals surface area contributed by atoms with E-state index in [2.05, 4.69) is 108 Å². The fourth-order valence-corrected chi connectivity index (χ4v) is 8.21. The van der Waals surface area contributed by atoms with Crippen LogP contribution in [0.4, 0.5) is 0 Å². The van der Waals surface area contributed by atoms with E-state index in [1.807, 2.05) is 0 Å². The number of hydrogen-bond donors (Lipinski definition) is 0. The number of benzene rings is 3. The first-order valence-corrected chi connectivity index (χ1v) is 10.4. The second kappa shape index (κ2) is 6.58. The maximum absolute atomic E-state index is 2.39. The van der Waals surface area contributed by atoms with Crippen LogP contribution < -0.4 is 5.30 Å². The van der Waals surface area contributed by atoms with Crippen LogP contribution in [-0.2, 0) is 0 Å². The van der Waals surface area contributed by atoms with E-state index in [0.29, 0.717) is 0 Å². The van der Waals surface area contributed by atoms with Crippen molar-refractivity contribution in [3.63, 3.8) is 0 Å². The molecule has 0 atom stereocenters. The fraction of sp³-hybridized carbons (Fsp3) is 0.333. The van der Waals surface area contributed by atoms with E-state index in [9.17, 15) is 0 Å². The minimum absolute atomic E-state index is 0.258. The van der Waals surface area contributed by atoms with Gasteiger partial charge in [-0.05, 0) is 37.5 Å². The Morgan fingerprint density at radius 1 is 0.560 bits per heavy atom. The van der Waals surface area contributed by atoms with Gasteiger partial charge in [0.15, 0.2) is 0 Å². The van der Waals surface area contributed by atoms with Gasteiger partial charge in [-0.3, -0.25) is 0 Å². The van der Waals surface area contributed by atoms with Gasteiger partial charge in [-0.1, -0.05) is 116 Å². The van der Waals surface area contributed by atoms with Crippen LogP contribution in [0.2, 0.25) is 0 Å². The first-order valence-electron chi connectivity index (χ1n) is 9.07. The van der Waals surface area contributed by atoms with Crippen LogP contribution >= 0.6 is 7.92 Å². The van der Waals surface area contributed by atoms with Gasteiger partial charge in [0.25, 0.3) is 0 Å². The van der Waals surface area contributed by atoms with Crippen LogP contribution in [0.1, 0.15) is 41.5 Å². The second-order valence-corrected chi connectivity index (χ2v) is 12.6. The number of rotatable bonds is 2. The average molecular weight is 348 g/mol. The highest BCUT2D eigenvalue weighted by Gasteiger charge is 2.36. The quantitative estimate of drug-likeness (QED) is 0.429. The zero-order valence-corrected chi connectivity index (χ0v) is 17.2. The number of fused-ring (bicyclic) bond motifs is 1. The molecule has 0 heterocycles. The predicted molar refractivity (Wildman–Crippen MR) is 115 cm³/mol. The molecule has 0 saturated carbocycles. The van der Waals surface area contributed by atoms with E-state index in [0.717, 1.165) is 0 Å². The molecule has 25 heavy (non-hydrogen) atoms. The minimum atomic E-state index is -0.338. The molecule has 1 heteroatoms. The Morgan fingerprint density at radius 3 is 1.76 bits per heavy atom. The first-order chi connectivity index (χ1) is 11.7. The lowest BCUT2D eigenvalue weighted by atomic mass is 9.98. The van der Waals surface area contributed by atoms with Crippen molar-refractivity contribution in [3.05, 3.63) is 66.7 Å². The summed E-state index contributed by atoms with van der Waals surface area (Å²) in [4.78, 5) is 0. The van der Waals surface area contributed by atoms with E-state index in [1.54, 1.807) is 0 Å². The third-order valence-electron chi connectivity index (χ3n) is 4.57. The summed E-state index contributed by atoms with van der Waals surface area (Å²) in [5.41, 5.74) is 2.75. The Balaban J connectivity index is 2.29. The molecular weight excluding hydrogens is 319 g/mol. The summed E-state index contributed by atoms with van der Waals surface area (Å²) in [7, 11) is -0.338. The van der Waals surface area contributed by atoms with Crippen molar-refractivity contribution in [2.24, 2.45) is 0 Å². The molecule has 0 saturated heterocycles. The van der Waals surface area contributed by atoms with Crippen molar-refractivity contribution >= 4 is 24.0 Å². The summed E-state index contributed by atoms with van der Waals surface area (Å²) in [5.74, 6) is 0. The molecule has 0 aliphatic rings. The van der Waals surface area contributed by atoms with Gasteiger partial charge in [0.1, 0.15) is 0 Å². The van der Waals surface area contributed by atoms with Crippen LogP contribution in [0.15, 0.2) is 66.7 Å². The minimum Gasteiger partial charge on any atom is -0.0636 e. The first kappa shape index (κ1) is 18.2. The van der Waals surface area contributed by atoms with Gasteiger partial charge in [-0.15, -0.1) is 0 Å². The van der Waals surface area contributed by atoms with Crippen LogP contribution in [-0.4, -0.2) is 10.3 Å². The van der Waals surface area contributed by atoms with Crippen molar-refractivity contribution in [2.75, 3.05) is 0 Å². The Morgan fingerprint density at radius 2 is 1.08 bits per heavy atom. The van der Waals surface area contributed by atoms with Crippen molar-refractivity contribution in [1.29, 1.82) is 0 Å². The SMILES string of the molecule is CC(C)(C)P(c1ccccc1-c1cccc2ccccc12)C(C)(C)C. The van der Waals surface area contributed by atoms with Gasteiger partial charge in [-0.2, -0.15) is 0 Å². The molecule has 0 radical (unpaired) electrons. The van der Waals surface area contributed by atoms with Gasteiger partial charge in [-0.25, -0.2) is 0 Å². The van der Waals surface area contributed by atoms with Crippen molar-refractivity contribution < 1.29 is 0 Å². The average Bonchev–Trinajstić information content (AvgIpc) is 2.52. The van der Waals surface area contributed by atoms with Gasteiger partial charge in [0, 0.05) is 0 Å². The monoisotopic (exact) mass is 348 g/mol. The topological polar surface area (TPSA) is 0 Å². The summed E-state index contributed by atoms with van der Waals surface area (Å²) >= 11 is 0. The van der Waals surface area contributed by atoms with Gasteiger partial charge in [0.2, 0.25) is 0 Å². The Labute approximate surface area is 154 Å². The van der Waals surface area contributed by atoms with E-state index in [1.165, 1.54) is 27.2 Å². The second-order valence-electron chi connectivity index (χ2n) is 8.72. The van der Waals surface area contributed by atoms with Crippen molar-refractivity contribution in [2.45, 2.75) is 51.9 Å². The number of hydrogen-bond acceptors (Lipinski definition) is 0. The molecule has 0 spiro atoms. The summed E-state index contributed by atoms with van der Waals surface area (Å²) in [6.07, 6.45) is 0. The summed E-state index contributed by atoms with van der Waals surface area (Å²) in [5, 5.41) is 4.69. The van der Waals surface area contributed by atoms with Crippen LogP contribution in [0.25, 0.3) is 21.9 Å². The molecule has 3 aromatic rings. The molecule has 3 aromatic carbocycles. The molecule has 0 nitrogen and oxygen atoms in total. The highest BCUT2D eigenvalue weighted by molar-refractivity contribution is 7.68. The van der Waals surface area contributed by atoms with E-state index in [-0.39, 0.29) is 18.2 Å². The molecule has 0 aromatic heterocycles. The van der Waals surface area contributed by atoms with Crippen LogP contribution in [0, 0.1) is 0 Å². The molecule has 0 unspecified atom stereocenters. The largest absolute Gasteiger partial charge is 0.0636 e. The van der Waals surface area contributed by atoms with E-state index < -0.39 is 0 Å². The molecule has 130 valence electrons. The third kappa shape index (κ3) is 3.65. The Hall–Kier alpha value is -1.65. The lowest BCUT2D eigenvalue weighted by molar-refractivity contribution is 0.715. The molecule has 0 aliphatic heterocycles. The molecule has 0 bridgehead atoms. The van der Waals surface area contributed by atoms with Gasteiger partial charge >= 0.3 is 0 Å². The summed E-state index contributed by atoms with van der Waals surface area (Å²) < 4.78 is 0. The summed E-state index contributed by atoms with van der Waals surface area (Å²) in [6, 6.07) is 24.4. The summed E-state index contributed by atoms with van der Waals surface area (Å²) in [6.45, 7) is 14.4. The fourth-order valence-electron chi connectivity index (χ4n) is 4.09. The zero-order chi connectivity index (χ0) is 18.2. The maximum Gasteiger partial charge on any atom is -0.00990 e.